The lowest BCUT2D eigenvalue weighted by Gasteiger charge is -2.17. The highest BCUT2D eigenvalue weighted by Gasteiger charge is 2.41. The Morgan fingerprint density at radius 2 is 1.65 bits per heavy atom. The fraction of sp³-hybridized carbons (Fsp3) is 0.727. The molecule has 0 amide bonds. The average Bonchev–Trinajstić information content (AvgIpc) is 3.16. The SMILES string of the molecule is CNc1nc(Cl)nc(NC(C2CC2)C2CC2)n1. The van der Waals surface area contributed by atoms with Gasteiger partial charge in [0.2, 0.25) is 17.2 Å². The number of halogens is 1. The highest BCUT2D eigenvalue weighted by molar-refractivity contribution is 6.28. The summed E-state index contributed by atoms with van der Waals surface area (Å²) < 4.78 is 0. The van der Waals surface area contributed by atoms with E-state index in [9.17, 15) is 0 Å². The summed E-state index contributed by atoms with van der Waals surface area (Å²) in [4.78, 5) is 12.4. The second-order valence-electron chi connectivity index (χ2n) is 4.85. The number of aromatic nitrogens is 3. The summed E-state index contributed by atoms with van der Waals surface area (Å²) in [6.07, 6.45) is 5.30. The van der Waals surface area contributed by atoms with Crippen LogP contribution in [0.2, 0.25) is 5.28 Å². The van der Waals surface area contributed by atoms with Gasteiger partial charge in [0.15, 0.2) is 0 Å². The minimum atomic E-state index is 0.234. The van der Waals surface area contributed by atoms with Gasteiger partial charge in [0.05, 0.1) is 0 Å². The molecular weight excluding hydrogens is 238 g/mol. The number of hydrogen-bond donors (Lipinski definition) is 2. The third kappa shape index (κ3) is 2.60. The number of nitrogens with zero attached hydrogens (tertiary/aromatic N) is 3. The third-order valence-corrected chi connectivity index (χ3v) is 3.56. The largest absolute Gasteiger partial charge is 0.357 e. The molecular formula is C11H16ClN5. The molecule has 2 aliphatic rings. The van der Waals surface area contributed by atoms with E-state index in [1.807, 2.05) is 0 Å². The minimum Gasteiger partial charge on any atom is -0.357 e. The topological polar surface area (TPSA) is 62.7 Å². The van der Waals surface area contributed by atoms with E-state index in [0.29, 0.717) is 17.9 Å². The molecule has 0 bridgehead atoms. The van der Waals surface area contributed by atoms with Gasteiger partial charge in [0.1, 0.15) is 0 Å². The Kier molecular flexibility index (Phi) is 2.78. The van der Waals surface area contributed by atoms with E-state index in [2.05, 4.69) is 25.6 Å². The molecule has 6 heteroatoms. The number of hydrogen-bond acceptors (Lipinski definition) is 5. The maximum absolute atomic E-state index is 5.86. The molecule has 0 unspecified atom stereocenters. The summed E-state index contributed by atoms with van der Waals surface area (Å²) in [5.74, 6) is 2.71. The lowest BCUT2D eigenvalue weighted by Crippen LogP contribution is -2.25. The maximum atomic E-state index is 5.86. The Bertz CT molecular complexity index is 404. The molecule has 1 heterocycles. The summed E-state index contributed by atoms with van der Waals surface area (Å²) in [6.45, 7) is 0. The Hall–Kier alpha value is -1.10. The van der Waals surface area contributed by atoms with Crippen molar-refractivity contribution in [2.75, 3.05) is 17.7 Å². The smallest absolute Gasteiger partial charge is 0.229 e. The highest BCUT2D eigenvalue weighted by Crippen LogP contribution is 2.45. The Labute approximate surface area is 105 Å². The molecule has 0 saturated heterocycles. The first-order valence-electron chi connectivity index (χ1n) is 6.12. The fourth-order valence-corrected chi connectivity index (χ4v) is 2.37. The third-order valence-electron chi connectivity index (χ3n) is 3.39. The molecule has 2 aliphatic carbocycles. The molecule has 2 N–H and O–H groups in total. The van der Waals surface area contributed by atoms with Crippen LogP contribution in [0, 0.1) is 11.8 Å². The van der Waals surface area contributed by atoms with Gasteiger partial charge < -0.3 is 10.6 Å². The van der Waals surface area contributed by atoms with Gasteiger partial charge in [-0.25, -0.2) is 0 Å². The van der Waals surface area contributed by atoms with Gasteiger partial charge in [-0.2, -0.15) is 15.0 Å². The van der Waals surface area contributed by atoms with Gasteiger partial charge in [-0.05, 0) is 49.1 Å². The van der Waals surface area contributed by atoms with Crippen molar-refractivity contribution in [3.8, 4) is 0 Å². The standard InChI is InChI=1S/C11H16ClN5/c1-13-10-15-9(12)16-11(17-10)14-8(6-2-3-6)7-4-5-7/h6-8H,2-5H2,1H3,(H2,13,14,15,16,17). The van der Waals surface area contributed by atoms with Crippen molar-refractivity contribution >= 4 is 23.5 Å². The molecule has 5 nitrogen and oxygen atoms in total. The van der Waals surface area contributed by atoms with E-state index in [4.69, 9.17) is 11.6 Å². The first-order chi connectivity index (χ1) is 8.26. The molecule has 3 rings (SSSR count). The first-order valence-corrected chi connectivity index (χ1v) is 6.50. The van der Waals surface area contributed by atoms with Gasteiger partial charge in [-0.3, -0.25) is 0 Å². The molecule has 2 saturated carbocycles. The van der Waals surface area contributed by atoms with Crippen LogP contribution in [0.25, 0.3) is 0 Å². The average molecular weight is 254 g/mol. The van der Waals surface area contributed by atoms with E-state index in [-0.39, 0.29) is 5.28 Å². The summed E-state index contributed by atoms with van der Waals surface area (Å²) in [5.41, 5.74) is 0. The lowest BCUT2D eigenvalue weighted by molar-refractivity contribution is 0.563. The van der Waals surface area contributed by atoms with E-state index in [1.165, 1.54) is 25.7 Å². The van der Waals surface area contributed by atoms with Crippen molar-refractivity contribution in [3.63, 3.8) is 0 Å². The minimum absolute atomic E-state index is 0.234. The monoisotopic (exact) mass is 253 g/mol. The van der Waals surface area contributed by atoms with Gasteiger partial charge in [-0.1, -0.05) is 0 Å². The summed E-state index contributed by atoms with van der Waals surface area (Å²) in [7, 11) is 1.77. The van der Waals surface area contributed by atoms with E-state index in [1.54, 1.807) is 7.05 Å². The maximum Gasteiger partial charge on any atom is 0.229 e. The Balaban J connectivity index is 1.76. The summed E-state index contributed by atoms with van der Waals surface area (Å²) >= 11 is 5.86. The van der Waals surface area contributed by atoms with Crippen molar-refractivity contribution in [1.82, 2.24) is 15.0 Å². The zero-order chi connectivity index (χ0) is 11.8. The van der Waals surface area contributed by atoms with Crippen LogP contribution in [0.15, 0.2) is 0 Å². The van der Waals surface area contributed by atoms with E-state index < -0.39 is 0 Å². The van der Waals surface area contributed by atoms with Crippen LogP contribution < -0.4 is 10.6 Å². The molecule has 0 radical (unpaired) electrons. The fourth-order valence-electron chi connectivity index (χ4n) is 2.21. The van der Waals surface area contributed by atoms with Crippen molar-refractivity contribution in [1.29, 1.82) is 0 Å². The first kappa shape index (κ1) is 11.0. The van der Waals surface area contributed by atoms with Crippen LogP contribution in [-0.2, 0) is 0 Å². The second-order valence-corrected chi connectivity index (χ2v) is 5.18. The van der Waals surface area contributed by atoms with Crippen LogP contribution in [0.3, 0.4) is 0 Å². The molecule has 2 fully saturated rings. The molecule has 0 aromatic carbocycles. The Morgan fingerprint density at radius 3 is 2.18 bits per heavy atom. The van der Waals surface area contributed by atoms with Gasteiger partial charge in [0.25, 0.3) is 0 Å². The van der Waals surface area contributed by atoms with Crippen LogP contribution >= 0.6 is 11.6 Å². The van der Waals surface area contributed by atoms with Crippen molar-refractivity contribution in [2.45, 2.75) is 31.7 Å². The van der Waals surface area contributed by atoms with Crippen molar-refractivity contribution in [3.05, 3.63) is 5.28 Å². The van der Waals surface area contributed by atoms with Crippen LogP contribution in [0.1, 0.15) is 25.7 Å². The highest BCUT2D eigenvalue weighted by atomic mass is 35.5. The predicted molar refractivity (Wildman–Crippen MR) is 67.2 cm³/mol. The Morgan fingerprint density at radius 1 is 1.06 bits per heavy atom. The normalized spacial score (nSPS) is 19.5. The summed E-state index contributed by atoms with van der Waals surface area (Å²) in [6, 6.07) is 0.526. The number of nitrogens with one attached hydrogen (secondary N) is 2. The number of anilines is 2. The molecule has 1 aromatic rings. The van der Waals surface area contributed by atoms with E-state index >= 15 is 0 Å². The second kappa shape index (κ2) is 4.29. The summed E-state index contributed by atoms with van der Waals surface area (Å²) in [5, 5.41) is 6.55. The van der Waals surface area contributed by atoms with Crippen molar-refractivity contribution < 1.29 is 0 Å². The zero-order valence-corrected chi connectivity index (χ0v) is 10.5. The van der Waals surface area contributed by atoms with E-state index in [0.717, 1.165) is 11.8 Å². The predicted octanol–water partition coefficient (Wildman–Crippen LogP) is 2.17. The molecule has 17 heavy (non-hydrogen) atoms. The molecule has 0 spiro atoms. The number of rotatable bonds is 5. The van der Waals surface area contributed by atoms with Crippen LogP contribution in [0.5, 0.6) is 0 Å². The quantitative estimate of drug-likeness (QED) is 0.842. The zero-order valence-electron chi connectivity index (χ0n) is 9.78. The van der Waals surface area contributed by atoms with Gasteiger partial charge in [0, 0.05) is 13.1 Å². The molecule has 92 valence electrons. The molecule has 0 aliphatic heterocycles. The lowest BCUT2D eigenvalue weighted by atomic mass is 10.1. The molecule has 0 atom stereocenters. The van der Waals surface area contributed by atoms with Crippen LogP contribution in [0.4, 0.5) is 11.9 Å². The van der Waals surface area contributed by atoms with Crippen molar-refractivity contribution in [2.24, 2.45) is 11.8 Å². The molecule has 1 aromatic heterocycles. The van der Waals surface area contributed by atoms with Gasteiger partial charge >= 0.3 is 0 Å². The van der Waals surface area contributed by atoms with Crippen LogP contribution in [-0.4, -0.2) is 28.0 Å². The van der Waals surface area contributed by atoms with Gasteiger partial charge in [-0.15, -0.1) is 0 Å².